The maximum Gasteiger partial charge on any atom is 0.0540 e. The summed E-state index contributed by atoms with van der Waals surface area (Å²) in [7, 11) is 1.96. The molecule has 17 heavy (non-hydrogen) atoms. The van der Waals surface area contributed by atoms with E-state index in [0.717, 1.165) is 13.0 Å². The molecular formula is C13H25N3O. The van der Waals surface area contributed by atoms with Gasteiger partial charge in [-0.25, -0.2) is 0 Å². The fraction of sp³-hybridized carbons (Fsp3) is 0.769. The van der Waals surface area contributed by atoms with Crippen molar-refractivity contribution in [2.45, 2.75) is 46.3 Å². The van der Waals surface area contributed by atoms with Crippen LogP contribution in [0.3, 0.4) is 0 Å². The fourth-order valence-corrected chi connectivity index (χ4v) is 2.09. The molecule has 0 fully saturated rings. The molecule has 0 radical (unpaired) electrons. The van der Waals surface area contributed by atoms with Crippen LogP contribution in [-0.4, -0.2) is 27.5 Å². The Hall–Kier alpha value is -0.870. The molecular weight excluding hydrogens is 214 g/mol. The van der Waals surface area contributed by atoms with Gasteiger partial charge in [0, 0.05) is 24.3 Å². The number of hydrogen-bond acceptors (Lipinski definition) is 3. The van der Waals surface area contributed by atoms with Crippen LogP contribution in [0.2, 0.25) is 0 Å². The van der Waals surface area contributed by atoms with Crippen molar-refractivity contribution < 1.29 is 5.11 Å². The number of nitrogens with zero attached hydrogens (tertiary/aromatic N) is 2. The lowest BCUT2D eigenvalue weighted by Gasteiger charge is -2.18. The van der Waals surface area contributed by atoms with E-state index < -0.39 is 0 Å². The molecule has 0 aliphatic rings. The third kappa shape index (κ3) is 4.13. The minimum absolute atomic E-state index is 0.220. The summed E-state index contributed by atoms with van der Waals surface area (Å²) >= 11 is 0. The monoisotopic (exact) mass is 239 g/mol. The Morgan fingerprint density at radius 2 is 2.06 bits per heavy atom. The lowest BCUT2D eigenvalue weighted by atomic mass is 10.0. The molecule has 4 heteroatoms. The first-order valence-corrected chi connectivity index (χ1v) is 6.31. The average Bonchev–Trinajstić information content (AvgIpc) is 2.55. The van der Waals surface area contributed by atoms with Crippen molar-refractivity contribution >= 4 is 0 Å². The van der Waals surface area contributed by atoms with Gasteiger partial charge in [0.1, 0.15) is 0 Å². The zero-order valence-electron chi connectivity index (χ0n) is 11.6. The van der Waals surface area contributed by atoms with Crippen molar-refractivity contribution in [3.8, 4) is 0 Å². The van der Waals surface area contributed by atoms with Crippen molar-refractivity contribution in [2.75, 3.05) is 6.54 Å². The quantitative estimate of drug-likeness (QED) is 0.795. The third-order valence-electron chi connectivity index (χ3n) is 3.26. The number of aliphatic hydroxyl groups is 1. The van der Waals surface area contributed by atoms with Crippen molar-refractivity contribution in [3.63, 3.8) is 0 Å². The molecule has 0 amide bonds. The van der Waals surface area contributed by atoms with Gasteiger partial charge in [-0.05, 0) is 39.7 Å². The third-order valence-corrected chi connectivity index (χ3v) is 3.26. The van der Waals surface area contributed by atoms with E-state index >= 15 is 0 Å². The van der Waals surface area contributed by atoms with Crippen LogP contribution >= 0.6 is 0 Å². The van der Waals surface area contributed by atoms with Crippen molar-refractivity contribution in [1.82, 2.24) is 15.1 Å². The number of aliphatic hydroxyl groups excluding tert-OH is 1. The van der Waals surface area contributed by atoms with E-state index in [4.69, 9.17) is 0 Å². The highest BCUT2D eigenvalue weighted by atomic mass is 16.3. The largest absolute Gasteiger partial charge is 0.393 e. The zero-order chi connectivity index (χ0) is 13.0. The Bertz CT molecular complexity index is 346. The topological polar surface area (TPSA) is 50.1 Å². The van der Waals surface area contributed by atoms with Gasteiger partial charge in [0.2, 0.25) is 0 Å². The summed E-state index contributed by atoms with van der Waals surface area (Å²) in [6.07, 6.45) is 2.54. The molecule has 4 nitrogen and oxygen atoms in total. The van der Waals surface area contributed by atoms with Gasteiger partial charge in [-0.1, -0.05) is 6.92 Å². The van der Waals surface area contributed by atoms with Gasteiger partial charge in [0.05, 0.1) is 12.3 Å². The first-order chi connectivity index (χ1) is 7.91. The van der Waals surface area contributed by atoms with Crippen LogP contribution in [0.15, 0.2) is 6.20 Å². The molecule has 1 heterocycles. The minimum atomic E-state index is -0.220. The molecule has 1 rings (SSSR count). The molecule has 0 aliphatic carbocycles. The van der Waals surface area contributed by atoms with Gasteiger partial charge in [0.15, 0.2) is 0 Å². The highest BCUT2D eigenvalue weighted by molar-refractivity contribution is 5.19. The Kier molecular flexibility index (Phi) is 5.15. The minimum Gasteiger partial charge on any atom is -0.393 e. The predicted octanol–water partition coefficient (Wildman–Crippen LogP) is 1.79. The molecule has 0 saturated carbocycles. The van der Waals surface area contributed by atoms with E-state index in [1.165, 1.54) is 11.3 Å². The lowest BCUT2D eigenvalue weighted by Crippen LogP contribution is -2.26. The van der Waals surface area contributed by atoms with Crippen LogP contribution in [0.5, 0.6) is 0 Å². The van der Waals surface area contributed by atoms with Crippen molar-refractivity contribution in [3.05, 3.63) is 17.5 Å². The first-order valence-electron chi connectivity index (χ1n) is 6.31. The molecule has 98 valence electrons. The zero-order valence-corrected chi connectivity index (χ0v) is 11.6. The second-order valence-electron chi connectivity index (χ2n) is 5.13. The highest BCUT2D eigenvalue weighted by Gasteiger charge is 2.13. The standard InChI is InChI=1S/C13H25N3O/c1-9(6-10(2)17)7-14-11(3)13-8-15-16(5)12(13)4/h8-11,14,17H,6-7H2,1-5H3. The molecule has 3 atom stereocenters. The maximum atomic E-state index is 9.31. The second kappa shape index (κ2) is 6.17. The molecule has 0 bridgehead atoms. The molecule has 2 N–H and O–H groups in total. The van der Waals surface area contributed by atoms with E-state index in [-0.39, 0.29) is 6.10 Å². The van der Waals surface area contributed by atoms with Crippen molar-refractivity contribution in [1.29, 1.82) is 0 Å². The number of hydrogen-bond donors (Lipinski definition) is 2. The van der Waals surface area contributed by atoms with E-state index in [1.54, 1.807) is 0 Å². The predicted molar refractivity (Wildman–Crippen MR) is 69.8 cm³/mol. The highest BCUT2D eigenvalue weighted by Crippen LogP contribution is 2.16. The Morgan fingerprint density at radius 1 is 1.41 bits per heavy atom. The van der Waals surface area contributed by atoms with Crippen LogP contribution < -0.4 is 5.32 Å². The van der Waals surface area contributed by atoms with Gasteiger partial charge in [0.25, 0.3) is 0 Å². The van der Waals surface area contributed by atoms with E-state index in [9.17, 15) is 5.11 Å². The van der Waals surface area contributed by atoms with Gasteiger partial charge >= 0.3 is 0 Å². The SMILES string of the molecule is Cc1c(C(C)NCC(C)CC(C)O)cnn1C. The number of rotatable bonds is 6. The van der Waals surface area contributed by atoms with Crippen LogP contribution in [-0.2, 0) is 7.05 Å². The molecule has 3 unspecified atom stereocenters. The van der Waals surface area contributed by atoms with E-state index in [2.05, 4.69) is 31.2 Å². The summed E-state index contributed by atoms with van der Waals surface area (Å²) in [5.74, 6) is 0.481. The molecule has 0 saturated heterocycles. The molecule has 0 aromatic carbocycles. The number of aryl methyl sites for hydroxylation is 1. The fourth-order valence-electron chi connectivity index (χ4n) is 2.09. The average molecular weight is 239 g/mol. The van der Waals surface area contributed by atoms with Crippen LogP contribution in [0.25, 0.3) is 0 Å². The second-order valence-corrected chi connectivity index (χ2v) is 5.13. The summed E-state index contributed by atoms with van der Waals surface area (Å²) < 4.78 is 1.90. The summed E-state index contributed by atoms with van der Waals surface area (Å²) in [6.45, 7) is 9.15. The Labute approximate surface area is 104 Å². The molecule has 0 spiro atoms. The van der Waals surface area contributed by atoms with Gasteiger partial charge in [-0.3, -0.25) is 4.68 Å². The summed E-state index contributed by atoms with van der Waals surface area (Å²) in [4.78, 5) is 0. The molecule has 1 aromatic rings. The maximum absolute atomic E-state index is 9.31. The first kappa shape index (κ1) is 14.2. The van der Waals surface area contributed by atoms with Crippen LogP contribution in [0, 0.1) is 12.8 Å². The Balaban J connectivity index is 2.45. The summed E-state index contributed by atoms with van der Waals surface area (Å²) in [5.41, 5.74) is 2.45. The smallest absolute Gasteiger partial charge is 0.0540 e. The molecule has 0 aliphatic heterocycles. The van der Waals surface area contributed by atoms with E-state index in [0.29, 0.717) is 12.0 Å². The Morgan fingerprint density at radius 3 is 2.53 bits per heavy atom. The van der Waals surface area contributed by atoms with Crippen molar-refractivity contribution in [2.24, 2.45) is 13.0 Å². The van der Waals surface area contributed by atoms with E-state index in [1.807, 2.05) is 24.9 Å². The number of aromatic nitrogens is 2. The summed E-state index contributed by atoms with van der Waals surface area (Å²) in [5, 5.41) is 17.1. The van der Waals surface area contributed by atoms with Crippen LogP contribution in [0.4, 0.5) is 0 Å². The number of nitrogens with one attached hydrogen (secondary N) is 1. The van der Waals surface area contributed by atoms with Gasteiger partial charge in [-0.15, -0.1) is 0 Å². The van der Waals surface area contributed by atoms with Gasteiger partial charge < -0.3 is 10.4 Å². The normalized spacial score (nSPS) is 16.8. The lowest BCUT2D eigenvalue weighted by molar-refractivity contribution is 0.162. The summed E-state index contributed by atoms with van der Waals surface area (Å²) in [6, 6.07) is 0.306. The van der Waals surface area contributed by atoms with Crippen LogP contribution in [0.1, 0.15) is 44.5 Å². The van der Waals surface area contributed by atoms with Gasteiger partial charge in [-0.2, -0.15) is 5.10 Å². The molecule has 1 aromatic heterocycles.